The number of aromatic nitrogens is 2. The van der Waals surface area contributed by atoms with Crippen molar-refractivity contribution in [3.8, 4) is 0 Å². The molecule has 1 saturated carbocycles. The summed E-state index contributed by atoms with van der Waals surface area (Å²) in [7, 11) is 0. The Bertz CT molecular complexity index is 1260. The van der Waals surface area contributed by atoms with Gasteiger partial charge in [-0.25, -0.2) is 9.97 Å². The molecule has 0 spiro atoms. The Morgan fingerprint density at radius 3 is 2.45 bits per heavy atom. The fraction of sp³-hybridized carbons (Fsp3) is 0.308. The summed E-state index contributed by atoms with van der Waals surface area (Å²) in [6.45, 7) is 4.81. The molecule has 1 saturated heterocycles. The molecule has 31 heavy (non-hydrogen) atoms. The number of hydrogen-bond donors (Lipinski definition) is 1. The van der Waals surface area contributed by atoms with Crippen LogP contribution < -0.4 is 10.6 Å². The minimum Gasteiger partial charge on any atom is -0.381 e. The number of nitrogen functional groups attached to an aromatic ring is 1. The van der Waals surface area contributed by atoms with Gasteiger partial charge >= 0.3 is 0 Å². The van der Waals surface area contributed by atoms with Crippen LogP contribution in [0.15, 0.2) is 60.7 Å². The Morgan fingerprint density at radius 1 is 0.839 bits per heavy atom. The Labute approximate surface area is 182 Å². The average Bonchev–Trinajstić information content (AvgIpc) is 3.64. The van der Waals surface area contributed by atoms with Gasteiger partial charge in [0.2, 0.25) is 0 Å². The molecule has 2 aliphatic rings. The molecule has 0 unspecified atom stereocenters. The van der Waals surface area contributed by atoms with Crippen molar-refractivity contribution in [2.75, 3.05) is 36.8 Å². The molecule has 2 fully saturated rings. The van der Waals surface area contributed by atoms with Gasteiger partial charge in [0.1, 0.15) is 0 Å². The summed E-state index contributed by atoms with van der Waals surface area (Å²) in [6, 6.07) is 21.7. The van der Waals surface area contributed by atoms with Gasteiger partial charge in [0.05, 0.1) is 11.0 Å². The van der Waals surface area contributed by atoms with Gasteiger partial charge in [-0.15, -0.1) is 0 Å². The van der Waals surface area contributed by atoms with Crippen molar-refractivity contribution < 1.29 is 0 Å². The van der Waals surface area contributed by atoms with Gasteiger partial charge < -0.3 is 10.6 Å². The average molecular weight is 410 g/mol. The Balaban J connectivity index is 1.19. The molecule has 1 aromatic heterocycles. The molecule has 6 rings (SSSR count). The van der Waals surface area contributed by atoms with E-state index in [1.807, 2.05) is 6.07 Å². The first-order chi connectivity index (χ1) is 15.2. The first kappa shape index (κ1) is 18.6. The highest BCUT2D eigenvalue weighted by Gasteiger charge is 2.27. The van der Waals surface area contributed by atoms with Crippen LogP contribution in [0.1, 0.15) is 29.9 Å². The van der Waals surface area contributed by atoms with Crippen LogP contribution in [0.5, 0.6) is 0 Å². The van der Waals surface area contributed by atoms with Crippen LogP contribution in [0.25, 0.3) is 21.8 Å². The minimum atomic E-state index is 0.545. The number of para-hydroxylation sites is 1. The summed E-state index contributed by atoms with van der Waals surface area (Å²) in [5, 5.41) is 2.61. The van der Waals surface area contributed by atoms with Crippen molar-refractivity contribution in [3.05, 3.63) is 71.8 Å². The zero-order valence-electron chi connectivity index (χ0n) is 17.7. The highest BCUT2D eigenvalue weighted by atomic mass is 15.3. The number of hydrogen-bond acceptors (Lipinski definition) is 5. The predicted octanol–water partition coefficient (Wildman–Crippen LogP) is 4.56. The summed E-state index contributed by atoms with van der Waals surface area (Å²) < 4.78 is 0. The van der Waals surface area contributed by atoms with Crippen molar-refractivity contribution in [1.82, 2.24) is 14.9 Å². The summed E-state index contributed by atoms with van der Waals surface area (Å²) in [6.07, 6.45) is 2.52. The maximum Gasteiger partial charge on any atom is 0.172 e. The molecule has 0 amide bonds. The van der Waals surface area contributed by atoms with Gasteiger partial charge in [-0.05, 0) is 52.8 Å². The molecule has 0 radical (unpaired) electrons. The normalized spacial score (nSPS) is 17.5. The van der Waals surface area contributed by atoms with E-state index < -0.39 is 0 Å². The Morgan fingerprint density at radius 2 is 1.65 bits per heavy atom. The maximum absolute atomic E-state index is 6.34. The molecule has 2 heterocycles. The topological polar surface area (TPSA) is 58.3 Å². The second kappa shape index (κ2) is 7.50. The molecule has 5 nitrogen and oxygen atoms in total. The molecule has 2 N–H and O–H groups in total. The first-order valence-corrected chi connectivity index (χ1v) is 11.3. The standard InChI is InChI=1S/C26H27N5/c27-25-26(29-24-22(20-10-11-20)6-3-7-23(24)28-25)31-14-12-30(13-15-31)17-18-8-9-19-4-1-2-5-21(19)16-18/h1-9,16,20H,10-15,17H2,(H2,27,28). The van der Waals surface area contributed by atoms with Crippen molar-refractivity contribution in [2.24, 2.45) is 0 Å². The fourth-order valence-corrected chi connectivity index (χ4v) is 4.77. The van der Waals surface area contributed by atoms with Gasteiger partial charge in [-0.3, -0.25) is 4.90 Å². The number of rotatable bonds is 4. The lowest BCUT2D eigenvalue weighted by Crippen LogP contribution is -2.46. The van der Waals surface area contributed by atoms with Crippen LogP contribution >= 0.6 is 0 Å². The van der Waals surface area contributed by atoms with Gasteiger partial charge in [0, 0.05) is 32.7 Å². The van der Waals surface area contributed by atoms with Crippen molar-refractivity contribution >= 4 is 33.4 Å². The van der Waals surface area contributed by atoms with Crippen LogP contribution in [0.3, 0.4) is 0 Å². The van der Waals surface area contributed by atoms with E-state index >= 15 is 0 Å². The largest absolute Gasteiger partial charge is 0.381 e. The first-order valence-electron chi connectivity index (χ1n) is 11.3. The predicted molar refractivity (Wildman–Crippen MR) is 127 cm³/mol. The zero-order valence-corrected chi connectivity index (χ0v) is 17.7. The van der Waals surface area contributed by atoms with Crippen LogP contribution in [-0.4, -0.2) is 41.0 Å². The van der Waals surface area contributed by atoms with E-state index in [4.69, 9.17) is 15.7 Å². The minimum absolute atomic E-state index is 0.545. The second-order valence-electron chi connectivity index (χ2n) is 8.87. The lowest BCUT2D eigenvalue weighted by molar-refractivity contribution is 0.249. The molecule has 0 bridgehead atoms. The third-order valence-electron chi connectivity index (χ3n) is 6.64. The summed E-state index contributed by atoms with van der Waals surface area (Å²) in [5.74, 6) is 2.04. The molecule has 3 aromatic carbocycles. The van der Waals surface area contributed by atoms with Gasteiger partial charge in [0.25, 0.3) is 0 Å². The molecular formula is C26H27N5. The smallest absolute Gasteiger partial charge is 0.172 e. The lowest BCUT2D eigenvalue weighted by atomic mass is 10.1. The van der Waals surface area contributed by atoms with Gasteiger partial charge in [-0.2, -0.15) is 0 Å². The number of benzene rings is 3. The van der Waals surface area contributed by atoms with E-state index in [1.54, 1.807) is 0 Å². The molecule has 0 atom stereocenters. The lowest BCUT2D eigenvalue weighted by Gasteiger charge is -2.35. The number of nitrogens with zero attached hydrogens (tertiary/aromatic N) is 4. The van der Waals surface area contributed by atoms with Crippen molar-refractivity contribution in [3.63, 3.8) is 0 Å². The van der Waals surface area contributed by atoms with E-state index in [2.05, 4.69) is 64.4 Å². The zero-order chi connectivity index (χ0) is 20.8. The number of anilines is 2. The van der Waals surface area contributed by atoms with E-state index in [9.17, 15) is 0 Å². The second-order valence-corrected chi connectivity index (χ2v) is 8.87. The van der Waals surface area contributed by atoms with E-state index in [-0.39, 0.29) is 0 Å². The molecule has 1 aliphatic carbocycles. The molecule has 4 aromatic rings. The summed E-state index contributed by atoms with van der Waals surface area (Å²) in [4.78, 5) is 14.5. The Kier molecular flexibility index (Phi) is 4.50. The fourth-order valence-electron chi connectivity index (χ4n) is 4.77. The molecule has 1 aliphatic heterocycles. The monoisotopic (exact) mass is 409 g/mol. The van der Waals surface area contributed by atoms with Crippen LogP contribution in [-0.2, 0) is 6.54 Å². The number of piperazine rings is 1. The quantitative estimate of drug-likeness (QED) is 0.535. The van der Waals surface area contributed by atoms with Crippen molar-refractivity contribution in [2.45, 2.75) is 25.3 Å². The van der Waals surface area contributed by atoms with E-state index in [1.165, 1.54) is 34.7 Å². The SMILES string of the molecule is Nc1nc2cccc(C3CC3)c2nc1N1CCN(Cc2ccc3ccccc3c2)CC1. The van der Waals surface area contributed by atoms with Crippen LogP contribution in [0.2, 0.25) is 0 Å². The van der Waals surface area contributed by atoms with Crippen LogP contribution in [0, 0.1) is 0 Å². The number of nitrogens with two attached hydrogens (primary N) is 1. The summed E-state index contributed by atoms with van der Waals surface area (Å²) in [5.41, 5.74) is 11.0. The highest BCUT2D eigenvalue weighted by Crippen LogP contribution is 2.43. The van der Waals surface area contributed by atoms with Crippen molar-refractivity contribution in [1.29, 1.82) is 0 Å². The van der Waals surface area contributed by atoms with E-state index in [0.29, 0.717) is 11.7 Å². The summed E-state index contributed by atoms with van der Waals surface area (Å²) >= 11 is 0. The van der Waals surface area contributed by atoms with Crippen LogP contribution in [0.4, 0.5) is 11.6 Å². The molecular weight excluding hydrogens is 382 g/mol. The molecule has 156 valence electrons. The molecule has 5 heteroatoms. The maximum atomic E-state index is 6.34. The number of fused-ring (bicyclic) bond motifs is 2. The van der Waals surface area contributed by atoms with E-state index in [0.717, 1.165) is 49.6 Å². The Hall–Kier alpha value is -3.18. The third-order valence-corrected chi connectivity index (χ3v) is 6.64. The highest BCUT2D eigenvalue weighted by molar-refractivity contribution is 5.84. The van der Waals surface area contributed by atoms with Gasteiger partial charge in [0.15, 0.2) is 11.6 Å². The van der Waals surface area contributed by atoms with Gasteiger partial charge in [-0.1, -0.05) is 48.5 Å². The third kappa shape index (κ3) is 3.59.